The van der Waals surface area contributed by atoms with Crippen molar-refractivity contribution in [3.8, 4) is 5.75 Å². The molecule has 3 aliphatic rings. The fourth-order valence-electron chi connectivity index (χ4n) is 4.71. The zero-order valence-electron chi connectivity index (χ0n) is 14.1. The summed E-state index contributed by atoms with van der Waals surface area (Å²) in [6, 6.07) is 4.79. The normalized spacial score (nSPS) is 27.4. The third-order valence-electron chi connectivity index (χ3n) is 5.85. The summed E-state index contributed by atoms with van der Waals surface area (Å²) in [7, 11) is 0. The number of urea groups is 1. The number of rotatable bonds is 2. The number of aromatic hydroxyl groups is 1. The van der Waals surface area contributed by atoms with Gasteiger partial charge in [0, 0.05) is 12.5 Å². The number of amides is 3. The van der Waals surface area contributed by atoms with E-state index in [1.54, 1.807) is 21.9 Å². The van der Waals surface area contributed by atoms with E-state index in [9.17, 15) is 14.7 Å². The van der Waals surface area contributed by atoms with E-state index in [-0.39, 0.29) is 29.8 Å². The van der Waals surface area contributed by atoms with Gasteiger partial charge in [0.2, 0.25) is 0 Å². The number of imide groups is 1. The van der Waals surface area contributed by atoms with E-state index in [1.807, 2.05) is 13.0 Å². The van der Waals surface area contributed by atoms with E-state index in [2.05, 4.69) is 0 Å². The Morgan fingerprint density at radius 2 is 1.92 bits per heavy atom. The van der Waals surface area contributed by atoms with Crippen molar-refractivity contribution in [1.29, 1.82) is 0 Å². The minimum absolute atomic E-state index is 0.0423. The van der Waals surface area contributed by atoms with Crippen molar-refractivity contribution in [3.05, 3.63) is 29.3 Å². The fraction of sp³-hybridized carbons (Fsp3) is 0.579. The molecule has 0 spiro atoms. The van der Waals surface area contributed by atoms with Crippen LogP contribution in [0.15, 0.2) is 18.2 Å². The monoisotopic (exact) mass is 328 g/mol. The fourth-order valence-corrected chi connectivity index (χ4v) is 4.71. The minimum atomic E-state index is -0.404. The largest absolute Gasteiger partial charge is 0.508 e. The summed E-state index contributed by atoms with van der Waals surface area (Å²) in [4.78, 5) is 29.4. The van der Waals surface area contributed by atoms with Crippen molar-refractivity contribution in [2.75, 3.05) is 0 Å². The highest BCUT2D eigenvalue weighted by molar-refractivity contribution is 6.05. The standard InChI is InChI=1S/C19H24N2O3/c1-2-16-15-9-8-14(22)10-12(15)11-17-18(23)20(19(24)21(16)17)13-6-4-3-5-7-13/h8-10,13,16-17,22H,2-7,11H2,1H3/t16-,17+/m1/s1. The van der Waals surface area contributed by atoms with Gasteiger partial charge in [-0.1, -0.05) is 32.3 Å². The van der Waals surface area contributed by atoms with Gasteiger partial charge in [-0.25, -0.2) is 4.79 Å². The summed E-state index contributed by atoms with van der Waals surface area (Å²) >= 11 is 0. The summed E-state index contributed by atoms with van der Waals surface area (Å²) in [6.45, 7) is 2.05. The molecule has 2 aliphatic heterocycles. The molecule has 4 rings (SSSR count). The van der Waals surface area contributed by atoms with Gasteiger partial charge in [0.1, 0.15) is 11.8 Å². The predicted octanol–water partition coefficient (Wildman–Crippen LogP) is 3.36. The lowest BCUT2D eigenvalue weighted by molar-refractivity contribution is -0.130. The van der Waals surface area contributed by atoms with Crippen LogP contribution in [0.3, 0.4) is 0 Å². The molecule has 1 saturated heterocycles. The maximum atomic E-state index is 13.1. The van der Waals surface area contributed by atoms with Gasteiger partial charge in [0.05, 0.1) is 6.04 Å². The average Bonchev–Trinajstić information content (AvgIpc) is 2.84. The third-order valence-corrected chi connectivity index (χ3v) is 5.85. The highest BCUT2D eigenvalue weighted by Gasteiger charge is 2.52. The zero-order valence-corrected chi connectivity index (χ0v) is 14.1. The van der Waals surface area contributed by atoms with Crippen molar-refractivity contribution in [2.45, 2.75) is 70.0 Å². The molecule has 128 valence electrons. The zero-order chi connectivity index (χ0) is 16.8. The summed E-state index contributed by atoms with van der Waals surface area (Å²) in [5, 5.41) is 9.79. The first-order chi connectivity index (χ1) is 11.6. The molecule has 1 aromatic rings. The van der Waals surface area contributed by atoms with Crippen molar-refractivity contribution in [1.82, 2.24) is 9.80 Å². The lowest BCUT2D eigenvalue weighted by Gasteiger charge is -2.37. The second-order valence-corrected chi connectivity index (χ2v) is 7.22. The Balaban J connectivity index is 1.71. The van der Waals surface area contributed by atoms with Crippen LogP contribution in [0.5, 0.6) is 5.75 Å². The van der Waals surface area contributed by atoms with Crippen LogP contribution >= 0.6 is 0 Å². The molecule has 5 nitrogen and oxygen atoms in total. The molecule has 2 heterocycles. The number of carbonyl (C=O) groups excluding carboxylic acids is 2. The van der Waals surface area contributed by atoms with Gasteiger partial charge in [0.25, 0.3) is 5.91 Å². The highest BCUT2D eigenvalue weighted by atomic mass is 16.3. The Hall–Kier alpha value is -2.04. The summed E-state index contributed by atoms with van der Waals surface area (Å²) < 4.78 is 0. The first-order valence-corrected chi connectivity index (χ1v) is 9.09. The van der Waals surface area contributed by atoms with Gasteiger partial charge >= 0.3 is 6.03 Å². The Morgan fingerprint density at radius 3 is 2.62 bits per heavy atom. The van der Waals surface area contributed by atoms with Crippen LogP contribution in [-0.2, 0) is 11.2 Å². The number of benzene rings is 1. The number of hydrogen-bond acceptors (Lipinski definition) is 3. The molecule has 0 aromatic heterocycles. The molecule has 0 radical (unpaired) electrons. The van der Waals surface area contributed by atoms with E-state index in [1.165, 1.54) is 6.42 Å². The quantitative estimate of drug-likeness (QED) is 0.847. The van der Waals surface area contributed by atoms with E-state index >= 15 is 0 Å². The average molecular weight is 328 g/mol. The van der Waals surface area contributed by atoms with E-state index < -0.39 is 6.04 Å². The van der Waals surface area contributed by atoms with Gasteiger partial charge in [0.15, 0.2) is 0 Å². The van der Waals surface area contributed by atoms with Gasteiger partial charge in [-0.15, -0.1) is 0 Å². The number of carbonyl (C=O) groups is 2. The number of hydrogen-bond donors (Lipinski definition) is 1. The van der Waals surface area contributed by atoms with Gasteiger partial charge < -0.3 is 10.0 Å². The first-order valence-electron chi connectivity index (χ1n) is 9.09. The number of phenolic OH excluding ortho intramolecular Hbond substituents is 1. The van der Waals surface area contributed by atoms with Crippen molar-refractivity contribution < 1.29 is 14.7 Å². The molecule has 0 bridgehead atoms. The van der Waals surface area contributed by atoms with E-state index in [4.69, 9.17) is 0 Å². The maximum Gasteiger partial charge on any atom is 0.328 e. The van der Waals surface area contributed by atoms with Crippen molar-refractivity contribution in [3.63, 3.8) is 0 Å². The second kappa shape index (κ2) is 5.80. The second-order valence-electron chi connectivity index (χ2n) is 7.22. The molecule has 1 saturated carbocycles. The van der Waals surface area contributed by atoms with Crippen LogP contribution in [0.25, 0.3) is 0 Å². The number of nitrogens with zero attached hydrogens (tertiary/aromatic N) is 2. The Morgan fingerprint density at radius 1 is 1.17 bits per heavy atom. The van der Waals surface area contributed by atoms with Crippen LogP contribution in [0.2, 0.25) is 0 Å². The van der Waals surface area contributed by atoms with Crippen LogP contribution < -0.4 is 0 Å². The van der Waals surface area contributed by atoms with E-state index in [0.29, 0.717) is 6.42 Å². The van der Waals surface area contributed by atoms with Gasteiger partial charge in [-0.2, -0.15) is 0 Å². The minimum Gasteiger partial charge on any atom is -0.508 e. The third kappa shape index (κ3) is 2.21. The molecule has 1 N–H and O–H groups in total. The SMILES string of the molecule is CC[C@@H]1c2ccc(O)cc2C[C@H]2C(=O)N(C3CCCCC3)C(=O)N12. The highest BCUT2D eigenvalue weighted by Crippen LogP contribution is 2.42. The molecule has 2 atom stereocenters. The molecule has 3 amide bonds. The maximum absolute atomic E-state index is 13.1. The predicted molar refractivity (Wildman–Crippen MR) is 89.6 cm³/mol. The number of phenols is 1. The molecule has 5 heteroatoms. The summed E-state index contributed by atoms with van der Waals surface area (Å²) in [5.74, 6) is 0.178. The van der Waals surface area contributed by atoms with E-state index in [0.717, 1.165) is 43.2 Å². The van der Waals surface area contributed by atoms with Crippen LogP contribution in [0.4, 0.5) is 4.79 Å². The topological polar surface area (TPSA) is 60.9 Å². The molecule has 1 aromatic carbocycles. The lowest BCUT2D eigenvalue weighted by Crippen LogP contribution is -2.43. The summed E-state index contributed by atoms with van der Waals surface area (Å²) in [5.41, 5.74) is 2.06. The Bertz CT molecular complexity index is 681. The molecule has 24 heavy (non-hydrogen) atoms. The lowest BCUT2D eigenvalue weighted by atomic mass is 9.87. The summed E-state index contributed by atoms with van der Waals surface area (Å²) in [6.07, 6.45) is 6.53. The molecular weight excluding hydrogens is 304 g/mol. The van der Waals surface area contributed by atoms with Crippen LogP contribution in [0.1, 0.15) is 62.6 Å². The smallest absolute Gasteiger partial charge is 0.328 e. The van der Waals surface area contributed by atoms with Crippen molar-refractivity contribution >= 4 is 11.9 Å². The van der Waals surface area contributed by atoms with Gasteiger partial charge in [-0.3, -0.25) is 9.69 Å². The molecule has 1 aliphatic carbocycles. The molecule has 2 fully saturated rings. The Kier molecular flexibility index (Phi) is 3.74. The molecular formula is C19H24N2O3. The van der Waals surface area contributed by atoms with Crippen LogP contribution in [0, 0.1) is 0 Å². The molecule has 0 unspecified atom stereocenters. The van der Waals surface area contributed by atoms with Gasteiger partial charge in [-0.05, 0) is 42.5 Å². The Labute approximate surface area is 142 Å². The first kappa shape index (κ1) is 15.5. The van der Waals surface area contributed by atoms with Crippen LogP contribution in [-0.4, -0.2) is 38.9 Å². The van der Waals surface area contributed by atoms with Crippen molar-refractivity contribution in [2.24, 2.45) is 0 Å². The number of fused-ring (bicyclic) bond motifs is 2.